The lowest BCUT2D eigenvalue weighted by molar-refractivity contribution is -0.145. The van der Waals surface area contributed by atoms with Gasteiger partial charge in [-0.1, -0.05) is 37.1 Å². The molecule has 2 aliphatic heterocycles. The Morgan fingerprint density at radius 2 is 1.95 bits per heavy atom. The number of para-hydroxylation sites is 2. The minimum absolute atomic E-state index is 0.171. The molecule has 5 atom stereocenters. The number of rotatable bonds is 4. The number of benzene rings is 1. The highest BCUT2D eigenvalue weighted by molar-refractivity contribution is 5.95. The van der Waals surface area contributed by atoms with Crippen molar-refractivity contribution in [3.8, 4) is 5.88 Å². The fourth-order valence-electron chi connectivity index (χ4n) is 5.84. The molecule has 1 aromatic heterocycles. The van der Waals surface area contributed by atoms with Crippen molar-refractivity contribution in [2.24, 2.45) is 5.92 Å². The van der Waals surface area contributed by atoms with Crippen molar-refractivity contribution in [2.45, 2.75) is 95.0 Å². The van der Waals surface area contributed by atoms with Crippen LogP contribution in [0.25, 0.3) is 11.0 Å². The maximum Gasteiger partial charge on any atom is 0.330 e. The molecule has 1 aromatic carbocycles. The molecule has 40 heavy (non-hydrogen) atoms. The summed E-state index contributed by atoms with van der Waals surface area (Å²) in [6, 6.07) is 6.13. The quantitative estimate of drug-likeness (QED) is 0.495. The fraction of sp³-hybridized carbons (Fsp3) is 0.567. The predicted molar refractivity (Wildman–Crippen MR) is 150 cm³/mol. The van der Waals surface area contributed by atoms with E-state index < -0.39 is 35.6 Å². The molecule has 3 heterocycles. The number of allylic oxidation sites excluding steroid dienone is 1. The maximum absolute atomic E-state index is 14.0. The third-order valence-electron chi connectivity index (χ3n) is 7.94. The van der Waals surface area contributed by atoms with Crippen molar-refractivity contribution >= 4 is 28.8 Å². The van der Waals surface area contributed by atoms with E-state index in [2.05, 4.69) is 20.6 Å². The molecule has 3 aliphatic rings. The molecule has 0 spiro atoms. The summed E-state index contributed by atoms with van der Waals surface area (Å²) in [5.74, 6) is -1.64. The number of amides is 2. The van der Waals surface area contributed by atoms with Crippen LogP contribution >= 0.6 is 0 Å². The van der Waals surface area contributed by atoms with E-state index >= 15 is 0 Å². The van der Waals surface area contributed by atoms with Gasteiger partial charge in [-0.15, -0.1) is 0 Å². The van der Waals surface area contributed by atoms with E-state index in [-0.39, 0.29) is 30.3 Å². The molecule has 2 amide bonds. The van der Waals surface area contributed by atoms with Gasteiger partial charge in [0.05, 0.1) is 29.8 Å². The number of aliphatic carboxylic acids is 1. The Labute approximate surface area is 234 Å². The zero-order valence-electron chi connectivity index (χ0n) is 23.4. The average molecular weight is 550 g/mol. The lowest BCUT2D eigenvalue weighted by Crippen LogP contribution is -2.57. The number of aromatic nitrogens is 2. The number of carboxylic acids is 1. The van der Waals surface area contributed by atoms with Crippen molar-refractivity contribution in [2.75, 3.05) is 6.54 Å². The minimum Gasteiger partial charge on any atom is -0.479 e. The van der Waals surface area contributed by atoms with E-state index in [1.54, 1.807) is 11.1 Å². The van der Waals surface area contributed by atoms with Gasteiger partial charge in [0.2, 0.25) is 17.7 Å². The molecule has 214 valence electrons. The molecule has 1 saturated carbocycles. The summed E-state index contributed by atoms with van der Waals surface area (Å²) < 4.78 is 6.17. The third kappa shape index (κ3) is 6.11. The number of hydrogen-bond acceptors (Lipinski definition) is 7. The number of hydrogen-bond donors (Lipinski definition) is 3. The molecule has 10 nitrogen and oxygen atoms in total. The number of ether oxygens (including phenoxy) is 1. The Kier molecular flexibility index (Phi) is 7.81. The van der Waals surface area contributed by atoms with Gasteiger partial charge in [-0.05, 0) is 58.6 Å². The van der Waals surface area contributed by atoms with Crippen LogP contribution in [0.15, 0.2) is 42.6 Å². The number of carbonyl (C=O) groups excluding carboxylic acids is 2. The molecule has 0 radical (unpaired) electrons. The fourth-order valence-corrected chi connectivity index (χ4v) is 5.84. The van der Waals surface area contributed by atoms with Gasteiger partial charge in [0.25, 0.3) is 0 Å². The zero-order valence-corrected chi connectivity index (χ0v) is 23.4. The Balaban J connectivity index is 1.42. The lowest BCUT2D eigenvalue weighted by atomic mass is 10.0. The number of carbonyl (C=O) groups is 3. The summed E-state index contributed by atoms with van der Waals surface area (Å²) in [5.41, 5.74) is -0.220. The molecule has 2 aromatic rings. The number of nitrogens with one attached hydrogen (secondary N) is 2. The Morgan fingerprint density at radius 1 is 1.18 bits per heavy atom. The van der Waals surface area contributed by atoms with Gasteiger partial charge < -0.3 is 25.4 Å². The SMILES string of the molecule is CC(C)(C)N[C@@H]1CCCCC/C=C\C2C[C@@]2(C(=O)O)NC(=O)[C@@H]2CC(Oc3cnc4ccccc4n3)CN2C1=O. The highest BCUT2D eigenvalue weighted by atomic mass is 16.5. The van der Waals surface area contributed by atoms with Crippen LogP contribution in [0.2, 0.25) is 0 Å². The second-order valence-electron chi connectivity index (χ2n) is 12.3. The van der Waals surface area contributed by atoms with Crippen molar-refractivity contribution in [3.05, 3.63) is 42.6 Å². The van der Waals surface area contributed by atoms with Crippen molar-refractivity contribution in [1.82, 2.24) is 25.5 Å². The first-order valence-electron chi connectivity index (χ1n) is 14.2. The van der Waals surface area contributed by atoms with E-state index in [0.717, 1.165) is 31.2 Å². The summed E-state index contributed by atoms with van der Waals surface area (Å²) in [6.45, 7) is 6.24. The van der Waals surface area contributed by atoms with Gasteiger partial charge in [0.15, 0.2) is 0 Å². The number of carboxylic acid groups (broad SMARTS) is 1. The highest BCUT2D eigenvalue weighted by Crippen LogP contribution is 2.45. The number of fused-ring (bicyclic) bond motifs is 3. The van der Waals surface area contributed by atoms with Crippen LogP contribution in [0, 0.1) is 5.92 Å². The largest absolute Gasteiger partial charge is 0.479 e. The third-order valence-corrected chi connectivity index (χ3v) is 7.94. The first kappa shape index (κ1) is 28.0. The predicted octanol–water partition coefficient (Wildman–Crippen LogP) is 3.21. The highest BCUT2D eigenvalue weighted by Gasteiger charge is 2.61. The van der Waals surface area contributed by atoms with E-state index in [0.29, 0.717) is 24.2 Å². The van der Waals surface area contributed by atoms with Crippen LogP contribution in [0.1, 0.15) is 65.7 Å². The Hall–Kier alpha value is -3.53. The molecule has 2 unspecified atom stereocenters. The summed E-state index contributed by atoms with van der Waals surface area (Å²) in [5, 5.41) is 16.3. The summed E-state index contributed by atoms with van der Waals surface area (Å²) in [6.07, 6.45) is 9.83. The van der Waals surface area contributed by atoms with Crippen LogP contribution in [0.3, 0.4) is 0 Å². The van der Waals surface area contributed by atoms with E-state index in [1.807, 2.05) is 57.2 Å². The molecule has 3 N–H and O–H groups in total. The van der Waals surface area contributed by atoms with Gasteiger partial charge in [0.1, 0.15) is 17.7 Å². The zero-order chi connectivity index (χ0) is 28.5. The van der Waals surface area contributed by atoms with Gasteiger partial charge in [-0.25, -0.2) is 14.8 Å². The first-order valence-corrected chi connectivity index (χ1v) is 14.2. The second kappa shape index (κ2) is 11.2. The normalized spacial score (nSPS) is 30.4. The van der Waals surface area contributed by atoms with Crippen molar-refractivity contribution in [1.29, 1.82) is 0 Å². The average Bonchev–Trinajstić information content (AvgIpc) is 3.44. The summed E-state index contributed by atoms with van der Waals surface area (Å²) in [4.78, 5) is 50.5. The molecule has 2 fully saturated rings. The van der Waals surface area contributed by atoms with Crippen LogP contribution in [0.5, 0.6) is 5.88 Å². The summed E-state index contributed by atoms with van der Waals surface area (Å²) in [7, 11) is 0. The van der Waals surface area contributed by atoms with E-state index in [9.17, 15) is 19.5 Å². The van der Waals surface area contributed by atoms with Crippen molar-refractivity contribution in [3.63, 3.8) is 0 Å². The smallest absolute Gasteiger partial charge is 0.330 e. The van der Waals surface area contributed by atoms with Gasteiger partial charge in [0, 0.05) is 17.9 Å². The summed E-state index contributed by atoms with van der Waals surface area (Å²) >= 11 is 0. The van der Waals surface area contributed by atoms with Gasteiger partial charge in [-0.3, -0.25) is 9.59 Å². The lowest BCUT2D eigenvalue weighted by Gasteiger charge is -2.33. The van der Waals surface area contributed by atoms with E-state index in [1.165, 1.54) is 0 Å². The van der Waals surface area contributed by atoms with Crippen LogP contribution in [0.4, 0.5) is 0 Å². The standard InChI is InChI=1S/C30H39N5O5/c1-29(2,3)33-23-14-8-6-4-5-7-11-19-16-30(19,28(38)39)34-26(36)24-15-20(18-35(24)27(23)37)40-25-17-31-21-12-9-10-13-22(21)32-25/h7,9-13,17,19-20,23-24,33H,4-6,8,14-16,18H2,1-3H3,(H,34,36)(H,38,39)/b11-7-/t19?,20?,23-,24+,30-/m1/s1. The first-order chi connectivity index (χ1) is 19.1. The molecular weight excluding hydrogens is 510 g/mol. The molecular formula is C30H39N5O5. The minimum atomic E-state index is -1.34. The number of nitrogens with zero attached hydrogens (tertiary/aromatic N) is 3. The van der Waals surface area contributed by atoms with E-state index in [4.69, 9.17) is 4.74 Å². The molecule has 0 bridgehead atoms. The molecule has 5 rings (SSSR count). The van der Waals surface area contributed by atoms with Crippen molar-refractivity contribution < 1.29 is 24.2 Å². The van der Waals surface area contributed by atoms with Crippen LogP contribution < -0.4 is 15.4 Å². The molecule has 1 aliphatic carbocycles. The Bertz CT molecular complexity index is 1310. The molecule has 1 saturated heterocycles. The van der Waals surface area contributed by atoms with Gasteiger partial charge >= 0.3 is 5.97 Å². The van der Waals surface area contributed by atoms with Gasteiger partial charge in [-0.2, -0.15) is 0 Å². The maximum atomic E-state index is 14.0. The topological polar surface area (TPSA) is 134 Å². The van der Waals surface area contributed by atoms with Crippen LogP contribution in [-0.2, 0) is 14.4 Å². The Morgan fingerprint density at radius 3 is 2.70 bits per heavy atom. The monoisotopic (exact) mass is 549 g/mol. The second-order valence-corrected chi connectivity index (χ2v) is 12.3. The van der Waals surface area contributed by atoms with Crippen LogP contribution in [-0.4, -0.2) is 73.6 Å². The molecule has 10 heteroatoms.